The second-order valence-corrected chi connectivity index (χ2v) is 21.2. The number of carbonyl (C=O) groups excluding carboxylic acids is 2. The molecular weight excluding hydrogens is 989 g/mol. The van der Waals surface area contributed by atoms with Crippen molar-refractivity contribution in [3.63, 3.8) is 0 Å². The number of nitrogens with two attached hydrogens (primary N) is 1. The number of allylic oxidation sites excluding steroid dienone is 9. The Morgan fingerprint density at radius 1 is 0.662 bits per heavy atom. The van der Waals surface area contributed by atoms with Gasteiger partial charge in [0, 0.05) is 23.8 Å². The number of thioether (sulfide) groups is 1. The van der Waals surface area contributed by atoms with Crippen LogP contribution in [-0.2, 0) is 46.6 Å². The molecule has 1 aliphatic carbocycles. The van der Waals surface area contributed by atoms with E-state index >= 15 is 0 Å². The maximum Gasteiger partial charge on any atom is 0.472 e. The van der Waals surface area contributed by atoms with Crippen LogP contribution >= 0.6 is 27.4 Å². The van der Waals surface area contributed by atoms with Gasteiger partial charge in [-0.25, -0.2) is 9.13 Å². The summed E-state index contributed by atoms with van der Waals surface area (Å²) in [4.78, 5) is 66.6. The van der Waals surface area contributed by atoms with Crippen LogP contribution < -0.4 is 5.73 Å². The summed E-state index contributed by atoms with van der Waals surface area (Å²) in [5, 5.41) is 60.5. The molecule has 23 heteroatoms. The molecule has 1 rings (SSSR count). The Morgan fingerprint density at radius 2 is 1.21 bits per heavy atom. The Morgan fingerprint density at radius 3 is 1.83 bits per heavy atom. The lowest BCUT2D eigenvalue weighted by Crippen LogP contribution is -2.64. The van der Waals surface area contributed by atoms with Gasteiger partial charge in [-0.2, -0.15) is 0 Å². The van der Waals surface area contributed by atoms with Crippen LogP contribution in [-0.4, -0.2) is 142 Å². The van der Waals surface area contributed by atoms with Crippen LogP contribution in [0.4, 0.5) is 0 Å². The molecule has 1 fully saturated rings. The van der Waals surface area contributed by atoms with Crippen molar-refractivity contribution in [2.45, 2.75) is 202 Å². The van der Waals surface area contributed by atoms with E-state index in [-0.39, 0.29) is 31.4 Å². The molecule has 0 amide bonds. The summed E-state index contributed by atoms with van der Waals surface area (Å²) < 4.78 is 49.9. The largest absolute Gasteiger partial charge is 0.481 e. The highest BCUT2D eigenvalue weighted by atomic mass is 32.2. The zero-order valence-corrected chi connectivity index (χ0v) is 43.9. The van der Waals surface area contributed by atoms with Crippen molar-refractivity contribution < 1.29 is 91.9 Å². The minimum absolute atomic E-state index is 0.000311. The minimum atomic E-state index is -5.52. The molecule has 0 aromatic carbocycles. The van der Waals surface area contributed by atoms with Crippen LogP contribution in [0.25, 0.3) is 0 Å². The van der Waals surface area contributed by atoms with E-state index in [2.05, 4.69) is 42.7 Å². The monoisotopic (exact) mass is 1070 g/mol. The molecule has 0 heterocycles. The van der Waals surface area contributed by atoms with Crippen molar-refractivity contribution in [3.8, 4) is 0 Å². The zero-order valence-electron chi connectivity index (χ0n) is 41.3. The first-order chi connectivity index (χ1) is 33.7. The number of carbonyl (C=O) groups is 3. The molecule has 0 saturated heterocycles. The Hall–Kier alpha value is -2.56. The van der Waals surface area contributed by atoms with Gasteiger partial charge in [-0.05, 0) is 64.2 Å². The molecule has 1 saturated carbocycles. The summed E-state index contributed by atoms with van der Waals surface area (Å²) in [5.41, 5.74) is 6.20. The normalized spacial score (nSPS) is 22.6. The highest BCUT2D eigenvalue weighted by Gasteiger charge is 2.54. The van der Waals surface area contributed by atoms with Crippen LogP contribution in [0.5, 0.6) is 0 Å². The van der Waals surface area contributed by atoms with Gasteiger partial charge in [0.25, 0.3) is 0 Å². The summed E-state index contributed by atoms with van der Waals surface area (Å²) in [6, 6.07) is -1.40. The molecule has 0 bridgehead atoms. The van der Waals surface area contributed by atoms with E-state index in [0.717, 1.165) is 76.0 Å². The fourth-order valence-electron chi connectivity index (χ4n) is 7.03. The zero-order chi connectivity index (χ0) is 53.1. The molecule has 71 heavy (non-hydrogen) atoms. The van der Waals surface area contributed by atoms with E-state index in [1.165, 1.54) is 32.1 Å². The van der Waals surface area contributed by atoms with E-state index < -0.39 is 107 Å². The number of hydrogen-bond donors (Lipinski definition) is 10. The average Bonchev–Trinajstić information content (AvgIpc) is 3.31. The van der Waals surface area contributed by atoms with Crippen molar-refractivity contribution in [1.82, 2.24) is 0 Å². The fourth-order valence-corrected chi connectivity index (χ4v) is 9.68. The third kappa shape index (κ3) is 32.4. The summed E-state index contributed by atoms with van der Waals surface area (Å²) in [5.74, 6) is -2.96. The van der Waals surface area contributed by atoms with Crippen LogP contribution in [0.1, 0.15) is 142 Å². The quantitative estimate of drug-likeness (QED) is 0.0104. The van der Waals surface area contributed by atoms with E-state index in [0.29, 0.717) is 6.42 Å². The van der Waals surface area contributed by atoms with Crippen LogP contribution in [0.15, 0.2) is 60.8 Å². The van der Waals surface area contributed by atoms with Crippen molar-refractivity contribution in [2.24, 2.45) is 5.73 Å². The third-order valence-electron chi connectivity index (χ3n) is 11.1. The third-order valence-corrected chi connectivity index (χ3v) is 14.0. The maximum absolute atomic E-state index is 13.4. The molecule has 11 atom stereocenters. The van der Waals surface area contributed by atoms with Crippen molar-refractivity contribution in [1.29, 1.82) is 0 Å². The number of ether oxygens (including phenoxy) is 2. The number of aliphatic carboxylic acids is 1. The van der Waals surface area contributed by atoms with Crippen molar-refractivity contribution >= 4 is 45.3 Å². The number of rotatable bonds is 41. The van der Waals surface area contributed by atoms with E-state index in [9.17, 15) is 63.7 Å². The molecule has 0 aliphatic heterocycles. The molecule has 0 aromatic rings. The molecule has 20 nitrogen and oxygen atoms in total. The van der Waals surface area contributed by atoms with Gasteiger partial charge in [0.2, 0.25) is 0 Å². The molecular formula is C48H83NO19P2S. The summed E-state index contributed by atoms with van der Waals surface area (Å²) >= 11 is 1.07. The second kappa shape index (κ2) is 38.9. The van der Waals surface area contributed by atoms with E-state index in [4.69, 9.17) is 29.4 Å². The van der Waals surface area contributed by atoms with Gasteiger partial charge in [-0.3, -0.25) is 28.0 Å². The topological polar surface area (TPSA) is 340 Å². The number of aliphatic hydroxyl groups is 5. The first-order valence-electron chi connectivity index (χ1n) is 24.8. The lowest BCUT2D eigenvalue weighted by molar-refractivity contribution is -0.216. The molecule has 0 aromatic heterocycles. The van der Waals surface area contributed by atoms with Crippen molar-refractivity contribution in [3.05, 3.63) is 60.8 Å². The number of esters is 2. The lowest BCUT2D eigenvalue weighted by atomic mass is 9.85. The molecule has 0 spiro atoms. The first kappa shape index (κ1) is 66.5. The Labute approximate surface area is 423 Å². The van der Waals surface area contributed by atoms with Crippen LogP contribution in [0.3, 0.4) is 0 Å². The summed E-state index contributed by atoms with van der Waals surface area (Å²) in [6.45, 7) is 2.59. The van der Waals surface area contributed by atoms with Gasteiger partial charge in [-0.1, -0.05) is 126 Å². The highest BCUT2D eigenvalue weighted by molar-refractivity contribution is 8.00. The Kier molecular flexibility index (Phi) is 36.4. The number of unbranched alkanes of at least 4 members (excludes halogenated alkanes) is 12. The van der Waals surface area contributed by atoms with Gasteiger partial charge in [0.05, 0.1) is 12.7 Å². The fraction of sp³-hybridized carbons (Fsp3) is 0.729. The van der Waals surface area contributed by atoms with Gasteiger partial charge < -0.3 is 60.5 Å². The van der Waals surface area contributed by atoms with E-state index in [1.807, 2.05) is 12.2 Å². The Bertz CT molecular complexity index is 1730. The van der Waals surface area contributed by atoms with Crippen LogP contribution in [0.2, 0.25) is 0 Å². The Balaban J connectivity index is 3.06. The second-order valence-electron chi connectivity index (χ2n) is 17.4. The lowest BCUT2D eigenvalue weighted by Gasteiger charge is -2.43. The first-order valence-corrected chi connectivity index (χ1v) is 28.8. The van der Waals surface area contributed by atoms with Crippen LogP contribution in [0, 0.1) is 0 Å². The van der Waals surface area contributed by atoms with Gasteiger partial charge in [-0.15, -0.1) is 11.8 Å². The summed E-state index contributed by atoms with van der Waals surface area (Å²) in [7, 11) is -11.0. The minimum Gasteiger partial charge on any atom is -0.481 e. The predicted octanol–water partition coefficient (Wildman–Crippen LogP) is 6.38. The highest BCUT2D eigenvalue weighted by Crippen LogP contribution is 2.50. The molecule has 11 N–H and O–H groups in total. The standard InChI is InChI=1S/C48H83NO19P2S/c1-3-5-7-9-11-13-15-17-19-21-23-25-27-32-41(53)64-33-36(34-65-70(62,63)68-47-45(57)43(55)42(54)44(56)46(47)67-69(59,60)61)66-48(58)37(49)35-71-39(38(50)29-28-31-40(51)52)30-26-24-22-20-18-16-14-12-10-8-6-4-2/h12-15,18,20,22,24,26,30,36-39,42-47,50,54-57H,3-11,16-17,19,21,23,25,27-29,31-35,49H2,1-2H3,(H,51,52)(H,62,63)(H2,59,60,61)/b14-12-,15-13-,20-18-,24-22+,30-26+/t36-,37+,38+,39-,42+,43+,44-,45-,46-,47+/m1/s1. The maximum atomic E-state index is 13.4. The number of carboxylic acid groups (broad SMARTS) is 1. The number of phosphoric ester groups is 2. The van der Waals surface area contributed by atoms with E-state index in [1.54, 1.807) is 24.3 Å². The number of phosphoric acid groups is 2. The SMILES string of the molecule is CCCCC/C=C\C\C=C/C=C/C=C/[C@@H](SC[C@H](N)C(=O)O[C@H](COC(=O)CCCCCCC/C=C\CCCCCC)COP(=O)(O)O[C@H]1[C@H](O)[C@@H](O)[C@H](O)[C@@H](O)[C@H]1OP(=O)(O)O)[C@@H](O)CCCC(=O)O. The molecule has 1 aliphatic rings. The average molecular weight is 1070 g/mol. The number of carboxylic acids is 1. The number of hydrogen-bond acceptors (Lipinski definition) is 17. The number of aliphatic hydroxyl groups excluding tert-OH is 5. The smallest absolute Gasteiger partial charge is 0.472 e. The van der Waals surface area contributed by atoms with Gasteiger partial charge in [0.15, 0.2) is 6.10 Å². The molecule has 0 radical (unpaired) electrons. The predicted molar refractivity (Wildman–Crippen MR) is 270 cm³/mol. The molecule has 410 valence electrons. The van der Waals surface area contributed by atoms with Gasteiger partial charge >= 0.3 is 33.6 Å². The molecule has 1 unspecified atom stereocenters. The van der Waals surface area contributed by atoms with Gasteiger partial charge in [0.1, 0.15) is 49.3 Å². The summed E-state index contributed by atoms with van der Waals surface area (Å²) in [6.07, 6.45) is 19.3. The van der Waals surface area contributed by atoms with Crippen molar-refractivity contribution in [2.75, 3.05) is 19.0 Å².